The fraction of sp³-hybridized carbons (Fsp3) is 0.364. The molecular formula is C11H12N2O5S. The van der Waals surface area contributed by atoms with Crippen molar-refractivity contribution in [3.05, 3.63) is 28.0 Å². The van der Waals surface area contributed by atoms with E-state index in [0.717, 1.165) is 5.75 Å². The minimum absolute atomic E-state index is 0.102. The normalized spacial score (nSPS) is 14.8. The molecule has 0 aliphatic carbocycles. The van der Waals surface area contributed by atoms with E-state index >= 15 is 0 Å². The molecule has 3 N–H and O–H groups in total. The second-order valence-corrected chi connectivity index (χ2v) is 5.08. The lowest BCUT2D eigenvalue weighted by Gasteiger charge is -2.12. The number of carboxylic acids is 1. The fourth-order valence-electron chi connectivity index (χ4n) is 1.71. The molecule has 0 saturated heterocycles. The Morgan fingerprint density at radius 1 is 1.47 bits per heavy atom. The Morgan fingerprint density at radius 2 is 2.21 bits per heavy atom. The molecule has 0 aromatic carbocycles. The first-order chi connectivity index (χ1) is 9.02. The highest BCUT2D eigenvalue weighted by molar-refractivity contribution is 7.99. The topological polar surface area (TPSA) is 109 Å². The summed E-state index contributed by atoms with van der Waals surface area (Å²) in [4.78, 5) is 34.3. The Hall–Kier alpha value is -1.80. The maximum atomic E-state index is 11.8. The van der Waals surface area contributed by atoms with Crippen LogP contribution in [-0.2, 0) is 11.3 Å². The lowest BCUT2D eigenvalue weighted by Crippen LogP contribution is -2.43. The number of amides is 1. The molecule has 1 aliphatic rings. The molecule has 1 unspecified atom stereocenters. The molecule has 1 atom stereocenters. The molecule has 0 bridgehead atoms. The number of fused-ring (bicyclic) bond motifs is 1. The van der Waals surface area contributed by atoms with Crippen molar-refractivity contribution in [1.82, 2.24) is 9.88 Å². The quantitative estimate of drug-likeness (QED) is 0.663. The van der Waals surface area contributed by atoms with Crippen molar-refractivity contribution in [2.45, 2.75) is 17.6 Å². The highest BCUT2D eigenvalue weighted by atomic mass is 32.2. The van der Waals surface area contributed by atoms with Gasteiger partial charge in [-0.3, -0.25) is 9.59 Å². The third-order valence-corrected chi connectivity index (χ3v) is 3.72. The Labute approximate surface area is 112 Å². The van der Waals surface area contributed by atoms with Gasteiger partial charge in [-0.2, -0.15) is 0 Å². The standard InChI is InChI=1S/C11H12N2O5S/c14-5-7(11(17)18)12-10(16)6-3-8(15)13-1-2-19-9(13)4-6/h3-4,7,14H,1-2,5H2,(H,12,16)(H,17,18). The first-order valence-electron chi connectivity index (χ1n) is 5.55. The number of rotatable bonds is 4. The predicted molar refractivity (Wildman–Crippen MR) is 67.4 cm³/mol. The highest BCUT2D eigenvalue weighted by Crippen LogP contribution is 2.23. The van der Waals surface area contributed by atoms with Crippen LogP contribution in [0.25, 0.3) is 0 Å². The summed E-state index contributed by atoms with van der Waals surface area (Å²) in [5, 5.41) is 20.4. The summed E-state index contributed by atoms with van der Waals surface area (Å²) in [6, 6.07) is 1.34. The number of pyridine rings is 1. The van der Waals surface area contributed by atoms with Crippen LogP contribution in [-0.4, -0.2) is 45.1 Å². The molecule has 2 rings (SSSR count). The van der Waals surface area contributed by atoms with Crippen LogP contribution in [0.15, 0.2) is 22.0 Å². The number of carbonyl (C=O) groups excluding carboxylic acids is 1. The molecule has 0 radical (unpaired) electrons. The van der Waals surface area contributed by atoms with Gasteiger partial charge in [-0.05, 0) is 6.07 Å². The Balaban J connectivity index is 2.23. The summed E-state index contributed by atoms with van der Waals surface area (Å²) in [5.41, 5.74) is -0.186. The number of hydrogen-bond donors (Lipinski definition) is 3. The van der Waals surface area contributed by atoms with E-state index in [2.05, 4.69) is 5.32 Å². The predicted octanol–water partition coefficient (Wildman–Crippen LogP) is -0.871. The van der Waals surface area contributed by atoms with Crippen molar-refractivity contribution in [3.8, 4) is 0 Å². The van der Waals surface area contributed by atoms with Gasteiger partial charge in [0.15, 0.2) is 6.04 Å². The first-order valence-corrected chi connectivity index (χ1v) is 6.53. The Bertz CT molecular complexity index is 583. The summed E-state index contributed by atoms with van der Waals surface area (Å²) in [5.74, 6) is -1.24. The average Bonchev–Trinajstić information content (AvgIpc) is 2.83. The molecule has 1 amide bonds. The third kappa shape index (κ3) is 2.79. The molecule has 0 spiro atoms. The molecule has 0 fully saturated rings. The van der Waals surface area contributed by atoms with E-state index in [4.69, 9.17) is 10.2 Å². The van der Waals surface area contributed by atoms with Gasteiger partial charge in [-0.25, -0.2) is 4.79 Å². The molecular weight excluding hydrogens is 272 g/mol. The van der Waals surface area contributed by atoms with Crippen molar-refractivity contribution in [2.75, 3.05) is 12.4 Å². The van der Waals surface area contributed by atoms with E-state index in [1.54, 1.807) is 10.6 Å². The molecule has 8 heteroatoms. The van der Waals surface area contributed by atoms with Gasteiger partial charge in [-0.1, -0.05) is 0 Å². The van der Waals surface area contributed by atoms with E-state index < -0.39 is 24.5 Å². The second-order valence-electron chi connectivity index (χ2n) is 3.97. The number of aliphatic carboxylic acids is 1. The molecule has 0 saturated carbocycles. The first kappa shape index (κ1) is 13.6. The Morgan fingerprint density at radius 3 is 2.84 bits per heavy atom. The van der Waals surface area contributed by atoms with Gasteiger partial charge in [0.05, 0.1) is 11.6 Å². The molecule has 102 valence electrons. The van der Waals surface area contributed by atoms with Crippen molar-refractivity contribution >= 4 is 23.6 Å². The maximum Gasteiger partial charge on any atom is 0.328 e. The molecule has 1 aromatic rings. The summed E-state index contributed by atoms with van der Waals surface area (Å²) in [7, 11) is 0. The number of nitrogens with one attached hydrogen (secondary N) is 1. The zero-order valence-corrected chi connectivity index (χ0v) is 10.6. The van der Waals surface area contributed by atoms with E-state index in [9.17, 15) is 14.4 Å². The summed E-state index contributed by atoms with van der Waals surface area (Å²) >= 11 is 1.46. The highest BCUT2D eigenvalue weighted by Gasteiger charge is 2.21. The zero-order chi connectivity index (χ0) is 14.0. The summed E-state index contributed by atoms with van der Waals surface area (Å²) in [6.45, 7) is -0.102. The van der Waals surface area contributed by atoms with E-state index in [1.807, 2.05) is 0 Å². The van der Waals surface area contributed by atoms with Crippen molar-refractivity contribution in [1.29, 1.82) is 0 Å². The molecule has 7 nitrogen and oxygen atoms in total. The molecule has 1 aromatic heterocycles. The van der Waals surface area contributed by atoms with Gasteiger partial charge in [0.25, 0.3) is 11.5 Å². The smallest absolute Gasteiger partial charge is 0.328 e. The average molecular weight is 284 g/mol. The van der Waals surface area contributed by atoms with Gasteiger partial charge in [0.1, 0.15) is 0 Å². The maximum absolute atomic E-state index is 11.8. The van der Waals surface area contributed by atoms with E-state index in [0.29, 0.717) is 11.6 Å². The summed E-state index contributed by atoms with van der Waals surface area (Å²) < 4.78 is 1.56. The van der Waals surface area contributed by atoms with Gasteiger partial charge >= 0.3 is 5.97 Å². The largest absolute Gasteiger partial charge is 0.480 e. The molecule has 2 heterocycles. The third-order valence-electron chi connectivity index (χ3n) is 2.70. The van der Waals surface area contributed by atoms with Gasteiger partial charge in [0, 0.05) is 23.9 Å². The Kier molecular flexibility index (Phi) is 3.91. The monoisotopic (exact) mass is 284 g/mol. The number of aliphatic hydroxyl groups excluding tert-OH is 1. The van der Waals surface area contributed by atoms with Crippen LogP contribution in [0.3, 0.4) is 0 Å². The van der Waals surface area contributed by atoms with Crippen LogP contribution in [0.5, 0.6) is 0 Å². The van der Waals surface area contributed by atoms with Crippen LogP contribution in [0.4, 0.5) is 0 Å². The number of hydrogen-bond acceptors (Lipinski definition) is 5. The van der Waals surface area contributed by atoms with Gasteiger partial charge < -0.3 is 20.1 Å². The van der Waals surface area contributed by atoms with Crippen molar-refractivity contribution in [3.63, 3.8) is 0 Å². The van der Waals surface area contributed by atoms with Crippen molar-refractivity contribution < 1.29 is 19.8 Å². The fourth-order valence-corrected chi connectivity index (χ4v) is 2.74. The number of thioether (sulfide) groups is 1. The van der Waals surface area contributed by atoms with Crippen LogP contribution in [0, 0.1) is 0 Å². The van der Waals surface area contributed by atoms with E-state index in [1.165, 1.54) is 17.8 Å². The number of carbonyl (C=O) groups is 2. The SMILES string of the molecule is O=C(NC(CO)C(=O)O)c1cc2n(c(=O)c1)CCS2. The van der Waals surface area contributed by atoms with Crippen LogP contribution in [0.1, 0.15) is 10.4 Å². The number of aliphatic hydroxyl groups is 1. The minimum atomic E-state index is -1.38. The molecule has 19 heavy (non-hydrogen) atoms. The van der Waals surface area contributed by atoms with Crippen molar-refractivity contribution in [2.24, 2.45) is 0 Å². The minimum Gasteiger partial charge on any atom is -0.480 e. The summed E-state index contributed by atoms with van der Waals surface area (Å²) in [6.07, 6.45) is 0. The molecule has 1 aliphatic heterocycles. The lowest BCUT2D eigenvalue weighted by molar-refractivity contribution is -0.140. The lowest BCUT2D eigenvalue weighted by atomic mass is 10.2. The van der Waals surface area contributed by atoms with Gasteiger partial charge in [-0.15, -0.1) is 11.8 Å². The number of nitrogens with zero attached hydrogens (tertiary/aromatic N) is 1. The van der Waals surface area contributed by atoms with Gasteiger partial charge in [0.2, 0.25) is 0 Å². The van der Waals surface area contributed by atoms with Crippen LogP contribution in [0.2, 0.25) is 0 Å². The number of aromatic nitrogens is 1. The van der Waals surface area contributed by atoms with Crippen LogP contribution >= 0.6 is 11.8 Å². The zero-order valence-electron chi connectivity index (χ0n) is 9.83. The van der Waals surface area contributed by atoms with Crippen LogP contribution < -0.4 is 10.9 Å². The second kappa shape index (κ2) is 5.45. The number of carboxylic acid groups (broad SMARTS) is 1. The van der Waals surface area contributed by atoms with E-state index in [-0.39, 0.29) is 11.1 Å².